The van der Waals surface area contributed by atoms with E-state index in [-0.39, 0.29) is 60.4 Å². The molecule has 0 aromatic heterocycles. The lowest BCUT2D eigenvalue weighted by atomic mass is 10.2. The molecule has 1 unspecified atom stereocenters. The van der Waals surface area contributed by atoms with E-state index in [2.05, 4.69) is 20.9 Å². The summed E-state index contributed by atoms with van der Waals surface area (Å²) in [6.07, 6.45) is 0.654. The molecule has 1 aromatic carbocycles. The van der Waals surface area contributed by atoms with Crippen LogP contribution in [0.1, 0.15) is 26.7 Å². The number of aliphatic imine (C=N–C) groups is 1. The molecule has 30 heavy (non-hydrogen) atoms. The summed E-state index contributed by atoms with van der Waals surface area (Å²) < 4.78 is 33.8. The minimum Gasteiger partial charge on any atom is -0.493 e. The largest absolute Gasteiger partial charge is 0.493 e. The van der Waals surface area contributed by atoms with Crippen LogP contribution in [0, 0.1) is 0 Å². The van der Waals surface area contributed by atoms with Crippen molar-refractivity contribution in [2.24, 2.45) is 4.99 Å². The second-order valence-corrected chi connectivity index (χ2v) is 8.83. The van der Waals surface area contributed by atoms with Gasteiger partial charge in [0.25, 0.3) is 0 Å². The Bertz CT molecular complexity index is 832. The third-order valence-electron chi connectivity index (χ3n) is 4.28. The lowest BCUT2D eigenvalue weighted by Crippen LogP contribution is -2.36. The van der Waals surface area contributed by atoms with Crippen molar-refractivity contribution in [2.75, 3.05) is 43.6 Å². The first-order valence-corrected chi connectivity index (χ1v) is 11.5. The van der Waals surface area contributed by atoms with E-state index in [9.17, 15) is 13.2 Å². The van der Waals surface area contributed by atoms with Crippen molar-refractivity contribution in [1.82, 2.24) is 10.6 Å². The van der Waals surface area contributed by atoms with Crippen LogP contribution in [-0.2, 0) is 14.6 Å². The minimum atomic E-state index is -3.01. The summed E-state index contributed by atoms with van der Waals surface area (Å²) in [4.78, 5) is 16.5. The van der Waals surface area contributed by atoms with E-state index >= 15 is 0 Å². The van der Waals surface area contributed by atoms with Gasteiger partial charge in [-0.05, 0) is 32.4 Å². The molecule has 1 aromatic rings. The number of benzene rings is 1. The zero-order chi connectivity index (χ0) is 21.3. The second kappa shape index (κ2) is 12.8. The Morgan fingerprint density at radius 2 is 2.03 bits per heavy atom. The molecule has 170 valence electrons. The summed E-state index contributed by atoms with van der Waals surface area (Å²) in [6.45, 7) is 5.30. The molecule has 1 fully saturated rings. The highest BCUT2D eigenvalue weighted by atomic mass is 127. The third-order valence-corrected chi connectivity index (χ3v) is 6.04. The number of carbonyl (C=O) groups is 1. The molecule has 1 aliphatic heterocycles. The van der Waals surface area contributed by atoms with Crippen molar-refractivity contribution in [1.29, 1.82) is 0 Å². The predicted octanol–water partition coefficient (Wildman–Crippen LogP) is 1.78. The van der Waals surface area contributed by atoms with Crippen LogP contribution in [0.3, 0.4) is 0 Å². The number of hydrogen-bond acceptors (Lipinski definition) is 6. The van der Waals surface area contributed by atoms with Crippen LogP contribution in [-0.4, -0.2) is 64.6 Å². The quantitative estimate of drug-likeness (QED) is 0.242. The van der Waals surface area contributed by atoms with Crippen LogP contribution < -0.4 is 25.4 Å². The van der Waals surface area contributed by atoms with Gasteiger partial charge in [0.2, 0.25) is 5.91 Å². The van der Waals surface area contributed by atoms with E-state index in [1.54, 1.807) is 13.2 Å². The Kier molecular flexibility index (Phi) is 11.2. The van der Waals surface area contributed by atoms with Gasteiger partial charge >= 0.3 is 0 Å². The van der Waals surface area contributed by atoms with E-state index in [4.69, 9.17) is 9.47 Å². The van der Waals surface area contributed by atoms with Crippen molar-refractivity contribution in [3.05, 3.63) is 18.2 Å². The fourth-order valence-corrected chi connectivity index (χ4v) is 4.62. The Labute approximate surface area is 195 Å². The molecule has 2 rings (SSSR count). The molecular weight excluding hydrogens is 523 g/mol. The molecule has 11 heteroatoms. The number of rotatable bonds is 9. The number of nitrogens with zero attached hydrogens (tertiary/aromatic N) is 1. The lowest BCUT2D eigenvalue weighted by molar-refractivity contribution is -0.121. The smallest absolute Gasteiger partial charge is 0.222 e. The van der Waals surface area contributed by atoms with Gasteiger partial charge in [-0.15, -0.1) is 24.0 Å². The number of hydrogen-bond donors (Lipinski definition) is 3. The molecular formula is C19H31IN4O5S. The number of carbonyl (C=O) groups excluding carboxylic acids is 1. The molecule has 0 radical (unpaired) electrons. The number of guanidine groups is 1. The Morgan fingerprint density at radius 1 is 1.27 bits per heavy atom. The SMILES string of the molecule is CCNC(=NCCC(=O)NC1CCS(=O)(=O)C1)Nc1ccc(OC)c(OCC)c1.I. The van der Waals surface area contributed by atoms with E-state index in [0.29, 0.717) is 37.0 Å². The van der Waals surface area contributed by atoms with Gasteiger partial charge in [-0.3, -0.25) is 9.79 Å². The summed E-state index contributed by atoms with van der Waals surface area (Å²) in [5.41, 5.74) is 0.773. The average Bonchev–Trinajstić information content (AvgIpc) is 3.00. The van der Waals surface area contributed by atoms with Crippen LogP contribution in [0.5, 0.6) is 11.5 Å². The molecule has 3 N–H and O–H groups in total. The maximum atomic E-state index is 12.0. The highest BCUT2D eigenvalue weighted by Gasteiger charge is 2.28. The first-order chi connectivity index (χ1) is 13.9. The molecule has 1 atom stereocenters. The summed E-state index contributed by atoms with van der Waals surface area (Å²) in [5.74, 6) is 1.76. The number of amides is 1. The van der Waals surface area contributed by atoms with Crippen LogP contribution in [0.15, 0.2) is 23.2 Å². The lowest BCUT2D eigenvalue weighted by Gasteiger charge is -2.14. The monoisotopic (exact) mass is 554 g/mol. The molecule has 1 aliphatic rings. The first kappa shape index (κ1) is 26.3. The third kappa shape index (κ3) is 8.54. The number of nitrogens with one attached hydrogen (secondary N) is 3. The highest BCUT2D eigenvalue weighted by Crippen LogP contribution is 2.30. The Balaban J connectivity index is 0.00000450. The topological polar surface area (TPSA) is 118 Å². The van der Waals surface area contributed by atoms with Crippen LogP contribution in [0.4, 0.5) is 5.69 Å². The van der Waals surface area contributed by atoms with Gasteiger partial charge in [-0.25, -0.2) is 8.42 Å². The summed E-state index contributed by atoms with van der Waals surface area (Å²) >= 11 is 0. The fraction of sp³-hybridized carbons (Fsp3) is 0.579. The molecule has 0 spiro atoms. The zero-order valence-electron chi connectivity index (χ0n) is 17.6. The van der Waals surface area contributed by atoms with Crippen LogP contribution >= 0.6 is 24.0 Å². The van der Waals surface area contributed by atoms with Gasteiger partial charge in [0.15, 0.2) is 27.3 Å². The van der Waals surface area contributed by atoms with Gasteiger partial charge in [0, 0.05) is 30.8 Å². The van der Waals surface area contributed by atoms with E-state index in [1.807, 2.05) is 26.0 Å². The number of sulfone groups is 1. The van der Waals surface area contributed by atoms with Crippen LogP contribution in [0.25, 0.3) is 0 Å². The van der Waals surface area contributed by atoms with Crippen molar-refractivity contribution < 1.29 is 22.7 Å². The minimum absolute atomic E-state index is 0. The molecule has 1 saturated heterocycles. The fourth-order valence-electron chi connectivity index (χ4n) is 2.94. The average molecular weight is 554 g/mol. The van der Waals surface area contributed by atoms with Gasteiger partial charge in [-0.1, -0.05) is 0 Å². The standard InChI is InChI=1S/C19H30N4O5S.HI/c1-4-20-19(23-14-6-7-16(27-3)17(12-14)28-5-2)21-10-8-18(24)22-15-9-11-29(25,26)13-15;/h6-7,12,15H,4-5,8-11,13H2,1-3H3,(H,22,24)(H2,20,21,23);1H. The first-order valence-electron chi connectivity index (χ1n) is 9.72. The van der Waals surface area contributed by atoms with Gasteiger partial charge in [0.05, 0.1) is 31.8 Å². The van der Waals surface area contributed by atoms with E-state index < -0.39 is 9.84 Å². The molecule has 9 nitrogen and oxygen atoms in total. The maximum absolute atomic E-state index is 12.0. The van der Waals surface area contributed by atoms with Crippen molar-refractivity contribution in [3.63, 3.8) is 0 Å². The van der Waals surface area contributed by atoms with E-state index in [0.717, 1.165) is 5.69 Å². The number of anilines is 1. The van der Waals surface area contributed by atoms with Crippen molar-refractivity contribution >= 4 is 51.4 Å². The highest BCUT2D eigenvalue weighted by molar-refractivity contribution is 14.0. The van der Waals surface area contributed by atoms with Gasteiger partial charge in [-0.2, -0.15) is 0 Å². The summed E-state index contributed by atoms with van der Waals surface area (Å²) in [5, 5.41) is 9.07. The zero-order valence-corrected chi connectivity index (χ0v) is 20.7. The molecule has 0 aliphatic carbocycles. The number of methoxy groups -OCH3 is 1. The number of ether oxygens (including phenoxy) is 2. The van der Waals surface area contributed by atoms with Crippen LogP contribution in [0.2, 0.25) is 0 Å². The van der Waals surface area contributed by atoms with Gasteiger partial charge < -0.3 is 25.4 Å². The summed E-state index contributed by atoms with van der Waals surface area (Å²) in [7, 11) is -1.43. The number of halogens is 1. The summed E-state index contributed by atoms with van der Waals surface area (Å²) in [6, 6.07) is 5.18. The maximum Gasteiger partial charge on any atom is 0.222 e. The Hall–Kier alpha value is -1.76. The van der Waals surface area contributed by atoms with Crippen molar-refractivity contribution in [3.8, 4) is 11.5 Å². The molecule has 1 amide bonds. The van der Waals surface area contributed by atoms with Crippen molar-refractivity contribution in [2.45, 2.75) is 32.7 Å². The predicted molar refractivity (Wildman–Crippen MR) is 129 cm³/mol. The molecule has 0 saturated carbocycles. The van der Waals surface area contributed by atoms with E-state index in [1.165, 1.54) is 0 Å². The second-order valence-electron chi connectivity index (χ2n) is 6.60. The molecule has 0 bridgehead atoms. The van der Waals surface area contributed by atoms with Gasteiger partial charge in [0.1, 0.15) is 0 Å². The Morgan fingerprint density at radius 3 is 2.63 bits per heavy atom. The molecule has 1 heterocycles. The normalized spacial score (nSPS) is 17.6.